The molecule has 0 bridgehead atoms. The molecule has 0 spiro atoms. The molecule has 0 aliphatic carbocycles. The van der Waals surface area contributed by atoms with Crippen LogP contribution in [0, 0.1) is 0 Å². The molecule has 0 saturated heterocycles. The molecule has 1 N–H and O–H groups in total. The molecule has 0 aromatic rings. The zero-order valence-corrected chi connectivity index (χ0v) is 2.10. The fourth-order valence-corrected chi connectivity index (χ4v) is 0.0745. The maximum atomic E-state index is 3.49. The van der Waals surface area contributed by atoms with Crippen LogP contribution in [0.5, 0.6) is 0 Å². The van der Waals surface area contributed by atoms with E-state index in [1.54, 1.807) is 12.4 Å². The molecule has 2 nitrogen and oxygen atoms in total. The summed E-state index contributed by atoms with van der Waals surface area (Å²) < 4.78 is 0. The number of nitrogens with zero attached hydrogens (tertiary/aromatic N) is 1. The summed E-state index contributed by atoms with van der Waals surface area (Å²) in [4.78, 5) is 0. The lowest BCUT2D eigenvalue weighted by Crippen LogP contribution is -2.20. The molecule has 0 aromatic carbocycles. The summed E-state index contributed by atoms with van der Waals surface area (Å²) in [5, 5.41) is 0. The highest BCUT2D eigenvalue weighted by molar-refractivity contribution is 4.82. The summed E-state index contributed by atoms with van der Waals surface area (Å²) in [5.41, 5.74) is 6.04. The van der Waals surface area contributed by atoms with Gasteiger partial charge in [-0.25, -0.2) is 0 Å². The minimum Gasteiger partial charge on any atom is -0.284 e. The number of hydrogen-bond acceptors (Lipinski definition) is 1. The molecule has 0 fully saturated rings. The molecule has 1 aliphatic heterocycles. The van der Waals surface area contributed by atoms with E-state index in [1.165, 1.54) is 0 Å². The highest BCUT2D eigenvalue weighted by Gasteiger charge is 1.76. The molecule has 1 radical (unpaired) electrons. The minimum absolute atomic E-state index is 1.69. The van der Waals surface area contributed by atoms with Crippen LogP contribution < -0.4 is 10.9 Å². The Labute approximate surface area is 24.5 Å². The summed E-state index contributed by atoms with van der Waals surface area (Å²) in [7, 11) is 0. The first-order valence-corrected chi connectivity index (χ1v) is 1.10. The molecular weight excluding hydrogens is 52.0 g/mol. The third kappa shape index (κ3) is 0.0139. The van der Waals surface area contributed by atoms with Crippen molar-refractivity contribution in [2.24, 2.45) is 0 Å². The van der Waals surface area contributed by atoms with Crippen molar-refractivity contribution in [3.8, 4) is 0 Å². The van der Waals surface area contributed by atoms with Gasteiger partial charge in [-0.3, -0.25) is 5.43 Å². The van der Waals surface area contributed by atoms with Crippen molar-refractivity contribution in [2.45, 2.75) is 0 Å². The highest BCUT2D eigenvalue weighted by atomic mass is 15.4. The molecule has 21 valence electrons. The van der Waals surface area contributed by atoms with Crippen LogP contribution in [0.15, 0.2) is 12.4 Å². The molecular formula is C2H3N2. The Balaban J connectivity index is 2.47. The third-order valence-corrected chi connectivity index (χ3v) is 0.298. The average Bonchev–Trinajstić information content (AvgIpc) is 0.722. The van der Waals surface area contributed by atoms with Crippen LogP contribution in [0.2, 0.25) is 0 Å². The summed E-state index contributed by atoms with van der Waals surface area (Å²) in [6.07, 6.45) is 3.46. The van der Waals surface area contributed by atoms with Gasteiger partial charge in [0.05, 0.1) is 6.20 Å². The van der Waals surface area contributed by atoms with E-state index in [0.717, 1.165) is 0 Å². The van der Waals surface area contributed by atoms with Crippen molar-refractivity contribution in [3.05, 3.63) is 12.4 Å². The van der Waals surface area contributed by atoms with Gasteiger partial charge in [0.25, 0.3) is 0 Å². The molecule has 4 heavy (non-hydrogen) atoms. The Morgan fingerprint density at radius 3 is 2.00 bits per heavy atom. The molecule has 0 atom stereocenters. The van der Waals surface area contributed by atoms with Gasteiger partial charge in [0.15, 0.2) is 0 Å². The van der Waals surface area contributed by atoms with E-state index in [1.807, 2.05) is 0 Å². The summed E-state index contributed by atoms with van der Waals surface area (Å²) in [6, 6.07) is 0. The second kappa shape index (κ2) is 0.377. The monoisotopic (exact) mass is 55.0 g/mol. The van der Waals surface area contributed by atoms with Gasteiger partial charge >= 0.3 is 0 Å². The normalized spacial score (nSPS) is 16.0. The van der Waals surface area contributed by atoms with Crippen molar-refractivity contribution in [2.75, 3.05) is 0 Å². The quantitative estimate of drug-likeness (QED) is 0.400. The van der Waals surface area contributed by atoms with Crippen LogP contribution in [-0.4, -0.2) is 0 Å². The van der Waals surface area contributed by atoms with Crippen molar-refractivity contribution < 1.29 is 0 Å². The van der Waals surface area contributed by atoms with E-state index >= 15 is 0 Å². The zero-order valence-electron chi connectivity index (χ0n) is 2.10. The molecule has 0 unspecified atom stereocenters. The average molecular weight is 55.1 g/mol. The smallest absolute Gasteiger partial charge is 0.0648 e. The van der Waals surface area contributed by atoms with E-state index in [2.05, 4.69) is 10.9 Å². The van der Waals surface area contributed by atoms with Gasteiger partial charge in [-0.2, -0.15) is 5.43 Å². The molecule has 1 aliphatic rings. The van der Waals surface area contributed by atoms with E-state index in [0.29, 0.717) is 0 Å². The Morgan fingerprint density at radius 1 is 1.75 bits per heavy atom. The van der Waals surface area contributed by atoms with Gasteiger partial charge in [0.2, 0.25) is 0 Å². The first-order chi connectivity index (χ1) is 2.00. The summed E-state index contributed by atoms with van der Waals surface area (Å²) in [5.74, 6) is 0. The molecule has 2 heteroatoms. The van der Waals surface area contributed by atoms with E-state index in [9.17, 15) is 0 Å². The van der Waals surface area contributed by atoms with E-state index in [-0.39, 0.29) is 0 Å². The van der Waals surface area contributed by atoms with Crippen LogP contribution in [0.3, 0.4) is 0 Å². The van der Waals surface area contributed by atoms with Crippen molar-refractivity contribution in [1.82, 2.24) is 10.9 Å². The van der Waals surface area contributed by atoms with Gasteiger partial charge in [-0.05, 0) is 0 Å². The van der Waals surface area contributed by atoms with Crippen molar-refractivity contribution >= 4 is 0 Å². The fourth-order valence-electron chi connectivity index (χ4n) is 0.0745. The summed E-state index contributed by atoms with van der Waals surface area (Å²) in [6.45, 7) is 0. The second-order valence-electron chi connectivity index (χ2n) is 0.574. The standard InChI is InChI=1S/C2H3N2/c1-2-4-3-1/h1-3H. The van der Waals surface area contributed by atoms with Gasteiger partial charge in [0.1, 0.15) is 0 Å². The lowest BCUT2D eigenvalue weighted by Gasteiger charge is -1.98. The molecule has 0 saturated carbocycles. The number of hydrogen-bond donors (Lipinski definition) is 1. The Bertz CT molecular complexity index is 33.3. The Morgan fingerprint density at radius 2 is 2.00 bits per heavy atom. The van der Waals surface area contributed by atoms with Gasteiger partial charge in [0, 0.05) is 6.20 Å². The number of rotatable bonds is 0. The van der Waals surface area contributed by atoms with E-state index in [4.69, 9.17) is 0 Å². The van der Waals surface area contributed by atoms with E-state index < -0.39 is 0 Å². The molecule has 0 amide bonds. The SMILES string of the molecule is C1=CN[N]1. The van der Waals surface area contributed by atoms with Crippen LogP contribution in [0.4, 0.5) is 0 Å². The van der Waals surface area contributed by atoms with Gasteiger partial charge in [-0.1, -0.05) is 0 Å². The maximum absolute atomic E-state index is 3.49. The first-order valence-electron chi connectivity index (χ1n) is 1.10. The van der Waals surface area contributed by atoms with Crippen LogP contribution in [0.25, 0.3) is 0 Å². The molecule has 1 heterocycles. The topological polar surface area (TPSA) is 26.1 Å². The van der Waals surface area contributed by atoms with Gasteiger partial charge < -0.3 is 0 Å². The number of nitrogens with one attached hydrogen (secondary N) is 1. The zero-order chi connectivity index (χ0) is 2.83. The fraction of sp³-hybridized carbons (Fsp3) is 0. The van der Waals surface area contributed by atoms with Crippen LogP contribution >= 0.6 is 0 Å². The highest BCUT2D eigenvalue weighted by Crippen LogP contribution is 1.66. The Kier molecular flexibility index (Phi) is 0.154. The predicted octanol–water partition coefficient (Wildman–Crippen LogP) is -0.420. The van der Waals surface area contributed by atoms with Crippen molar-refractivity contribution in [1.29, 1.82) is 0 Å². The Hall–Kier alpha value is -0.660. The van der Waals surface area contributed by atoms with Crippen molar-refractivity contribution in [3.63, 3.8) is 0 Å². The lowest BCUT2D eigenvalue weighted by atomic mass is 10.8. The van der Waals surface area contributed by atoms with Gasteiger partial charge in [-0.15, -0.1) is 0 Å². The molecule has 0 aromatic heterocycles. The van der Waals surface area contributed by atoms with Crippen LogP contribution in [0.1, 0.15) is 0 Å². The first kappa shape index (κ1) is 1.64. The molecule has 1 rings (SSSR count). The lowest BCUT2D eigenvalue weighted by molar-refractivity contribution is 0.683. The second-order valence-corrected chi connectivity index (χ2v) is 0.574. The largest absolute Gasteiger partial charge is 0.284 e. The minimum atomic E-state index is 1.69. The maximum Gasteiger partial charge on any atom is 0.0648 e. The predicted molar refractivity (Wildman–Crippen MR) is 14.4 cm³/mol. The third-order valence-electron chi connectivity index (χ3n) is 0.298. The summed E-state index contributed by atoms with van der Waals surface area (Å²) >= 11 is 0. The van der Waals surface area contributed by atoms with Crippen LogP contribution in [-0.2, 0) is 0 Å².